The first-order valence-electron chi connectivity index (χ1n) is 37.9. The predicted octanol–water partition coefficient (Wildman–Crippen LogP) is 26.1. The van der Waals surface area contributed by atoms with Gasteiger partial charge in [-0.25, -0.2) is 15.0 Å². The van der Waals surface area contributed by atoms with Crippen LogP contribution in [0.25, 0.3) is 211 Å². The average molecular weight is 1430 g/mol. The van der Waals surface area contributed by atoms with E-state index in [0.29, 0.717) is 5.82 Å². The quantitative estimate of drug-likeness (QED) is 0.115. The standard InChI is InChI=1S/C103H65N9/c1-5-21-69(22-6-1)89-61-76(68-45-53-79(54-46-68)111-93-35-15-13-29-83(93)85-33-17-31-81(101(85)111)74-49-57-87-97(63-74)109(77-27-11-4-12-28-77)95-37-19-59-104-99(87)95)62-90(106-89)71-41-39-66(40-42-71)67-43-51-78(52-44-67)110-96-38-20-60-105-100(96)88-58-50-75(64-98(88)110)82-32-18-34-86-84-30-14-16-36-94(84)112(102(82)86)80-55-47-72(48-56-80)92-65-91(70-23-7-2-8-24-70)107-103(108-92)73-25-9-3-10-26-73/h1-65H. The van der Waals surface area contributed by atoms with Crippen LogP contribution in [0.15, 0.2) is 395 Å². The Morgan fingerprint density at radius 1 is 0.179 bits per heavy atom. The Hall–Kier alpha value is -15.2. The van der Waals surface area contributed by atoms with Crippen molar-refractivity contribution >= 4 is 87.5 Å². The summed E-state index contributed by atoms with van der Waals surface area (Å²) in [5.41, 5.74) is 32.7. The van der Waals surface area contributed by atoms with Gasteiger partial charge >= 0.3 is 0 Å². The molecule has 0 aliphatic heterocycles. The first kappa shape index (κ1) is 64.0. The maximum Gasteiger partial charge on any atom is 0.160 e. The fraction of sp³-hybridized carbons (Fsp3) is 0. The largest absolute Gasteiger partial charge is 0.309 e. The highest BCUT2D eigenvalue weighted by Gasteiger charge is 2.24. The molecule has 14 aromatic carbocycles. The molecule has 0 aliphatic rings. The normalized spacial score (nSPS) is 11.8. The van der Waals surface area contributed by atoms with Crippen molar-refractivity contribution in [1.82, 2.24) is 43.2 Å². The van der Waals surface area contributed by atoms with Gasteiger partial charge in [0.2, 0.25) is 0 Å². The minimum atomic E-state index is 0.690. The van der Waals surface area contributed by atoms with E-state index in [4.69, 9.17) is 24.9 Å². The van der Waals surface area contributed by atoms with Gasteiger partial charge in [0.1, 0.15) is 0 Å². The van der Waals surface area contributed by atoms with Gasteiger partial charge in [0.05, 0.1) is 77.9 Å². The first-order valence-corrected chi connectivity index (χ1v) is 37.9. The highest BCUT2D eigenvalue weighted by molar-refractivity contribution is 6.17. The molecule has 0 saturated carbocycles. The number of aromatic nitrogens is 9. The summed E-state index contributed by atoms with van der Waals surface area (Å²) in [5.74, 6) is 0.690. The molecule has 0 saturated heterocycles. The minimum Gasteiger partial charge on any atom is -0.309 e. The molecule has 0 N–H and O–H groups in total. The van der Waals surface area contributed by atoms with E-state index in [1.54, 1.807) is 0 Å². The van der Waals surface area contributed by atoms with Gasteiger partial charge in [-0.15, -0.1) is 0 Å². The number of para-hydroxylation sites is 5. The van der Waals surface area contributed by atoms with Crippen LogP contribution in [0.5, 0.6) is 0 Å². The van der Waals surface area contributed by atoms with Crippen molar-refractivity contribution in [2.24, 2.45) is 0 Å². The van der Waals surface area contributed by atoms with E-state index in [1.807, 2.05) is 48.8 Å². The van der Waals surface area contributed by atoms with Crippen molar-refractivity contribution in [3.63, 3.8) is 0 Å². The van der Waals surface area contributed by atoms with Crippen LogP contribution >= 0.6 is 0 Å². The summed E-state index contributed by atoms with van der Waals surface area (Å²) in [6, 6.07) is 137. The second-order valence-corrected chi connectivity index (χ2v) is 28.7. The maximum absolute atomic E-state index is 5.39. The number of rotatable bonds is 13. The lowest BCUT2D eigenvalue weighted by atomic mass is 9.98. The zero-order valence-electron chi connectivity index (χ0n) is 60.6. The highest BCUT2D eigenvalue weighted by Crippen LogP contribution is 2.45. The summed E-state index contributed by atoms with van der Waals surface area (Å²) >= 11 is 0. The predicted molar refractivity (Wildman–Crippen MR) is 462 cm³/mol. The van der Waals surface area contributed by atoms with Gasteiger partial charge in [-0.3, -0.25) is 9.97 Å². The number of pyridine rings is 3. The molecule has 522 valence electrons. The van der Waals surface area contributed by atoms with Gasteiger partial charge in [0.25, 0.3) is 0 Å². The molecule has 0 radical (unpaired) electrons. The van der Waals surface area contributed by atoms with E-state index < -0.39 is 0 Å². The van der Waals surface area contributed by atoms with Crippen LogP contribution < -0.4 is 0 Å². The second-order valence-electron chi connectivity index (χ2n) is 28.7. The van der Waals surface area contributed by atoms with Crippen molar-refractivity contribution in [2.75, 3.05) is 0 Å². The molecule has 0 bridgehead atoms. The molecular weight excluding hydrogens is 1360 g/mol. The lowest BCUT2D eigenvalue weighted by molar-refractivity contribution is 1.17. The van der Waals surface area contributed by atoms with Crippen LogP contribution in [0.3, 0.4) is 0 Å². The Morgan fingerprint density at radius 3 is 0.991 bits per heavy atom. The Bertz CT molecular complexity index is 7370. The smallest absolute Gasteiger partial charge is 0.160 e. The summed E-state index contributed by atoms with van der Waals surface area (Å²) < 4.78 is 9.57. The van der Waals surface area contributed by atoms with Gasteiger partial charge in [0, 0.05) is 106 Å². The van der Waals surface area contributed by atoms with Crippen LogP contribution in [-0.2, 0) is 0 Å². The van der Waals surface area contributed by atoms with Crippen LogP contribution in [-0.4, -0.2) is 43.2 Å². The number of fused-ring (bicyclic) bond motifs is 12. The van der Waals surface area contributed by atoms with Gasteiger partial charge in [-0.05, 0) is 161 Å². The summed E-state index contributed by atoms with van der Waals surface area (Å²) in [5, 5.41) is 6.99. The van der Waals surface area contributed by atoms with E-state index in [-0.39, 0.29) is 0 Å². The molecule has 0 spiro atoms. The van der Waals surface area contributed by atoms with E-state index in [2.05, 4.69) is 364 Å². The van der Waals surface area contributed by atoms with E-state index in [9.17, 15) is 0 Å². The zero-order valence-corrected chi connectivity index (χ0v) is 60.6. The van der Waals surface area contributed by atoms with E-state index >= 15 is 0 Å². The van der Waals surface area contributed by atoms with Crippen molar-refractivity contribution in [1.29, 1.82) is 0 Å². The second kappa shape index (κ2) is 26.3. The Labute approximate surface area is 644 Å². The molecular formula is C103H65N9. The molecule has 0 fully saturated rings. The van der Waals surface area contributed by atoms with Crippen molar-refractivity contribution in [2.45, 2.75) is 0 Å². The van der Waals surface area contributed by atoms with Crippen LogP contribution in [0.4, 0.5) is 0 Å². The maximum atomic E-state index is 5.39. The molecule has 9 heteroatoms. The minimum absolute atomic E-state index is 0.690. The molecule has 0 amide bonds. The number of benzene rings is 14. The van der Waals surface area contributed by atoms with Crippen LogP contribution in [0.2, 0.25) is 0 Å². The van der Waals surface area contributed by atoms with Gasteiger partial charge < -0.3 is 18.3 Å². The van der Waals surface area contributed by atoms with Gasteiger partial charge in [0.15, 0.2) is 5.82 Å². The number of hydrogen-bond acceptors (Lipinski definition) is 5. The molecule has 9 nitrogen and oxygen atoms in total. The van der Waals surface area contributed by atoms with E-state index in [1.165, 1.54) is 21.5 Å². The average Bonchev–Trinajstić information content (AvgIpc) is 1.58. The molecule has 8 aromatic heterocycles. The Balaban J connectivity index is 0.586. The van der Waals surface area contributed by atoms with Crippen molar-refractivity contribution in [3.05, 3.63) is 395 Å². The van der Waals surface area contributed by atoms with E-state index in [0.717, 1.165) is 184 Å². The molecule has 22 aromatic rings. The number of hydrogen-bond donors (Lipinski definition) is 0. The Kier molecular flexibility index (Phi) is 15.1. The lowest BCUT2D eigenvalue weighted by Crippen LogP contribution is -1.98. The van der Waals surface area contributed by atoms with Crippen molar-refractivity contribution in [3.8, 4) is 124 Å². The third-order valence-corrected chi connectivity index (χ3v) is 22.3. The molecule has 22 rings (SSSR count). The fourth-order valence-electron chi connectivity index (χ4n) is 17.1. The Morgan fingerprint density at radius 2 is 0.518 bits per heavy atom. The fourth-order valence-corrected chi connectivity index (χ4v) is 17.1. The summed E-state index contributed by atoms with van der Waals surface area (Å²) in [6.07, 6.45) is 3.79. The molecule has 8 heterocycles. The van der Waals surface area contributed by atoms with Gasteiger partial charge in [-0.1, -0.05) is 255 Å². The lowest BCUT2D eigenvalue weighted by Gasteiger charge is -2.14. The van der Waals surface area contributed by atoms with Crippen LogP contribution in [0.1, 0.15) is 0 Å². The zero-order chi connectivity index (χ0) is 73.7. The highest BCUT2D eigenvalue weighted by atomic mass is 15.0. The van der Waals surface area contributed by atoms with Crippen molar-refractivity contribution < 1.29 is 0 Å². The van der Waals surface area contributed by atoms with Crippen LogP contribution in [0, 0.1) is 0 Å². The number of nitrogens with zero attached hydrogens (tertiary/aromatic N) is 9. The molecule has 0 aliphatic carbocycles. The molecule has 0 unspecified atom stereocenters. The SMILES string of the molecule is c1ccc(-c2cc(-c3ccc(-n4c5ccccc5c5cccc(-c6ccc7c8ncccc8n(-c8ccccc8)c7c6)c54)cc3)cc(-c3ccc(-c4ccc(-n5c6cc(-c7cccc8c9ccccc9n(-c9ccc(-c%10cc(-c%11ccccc%11)nc(-c%11ccccc%11)n%10)cc9)c78)ccc6c6ncccc65)cc4)cc3)n2)cc1. The summed E-state index contributed by atoms with van der Waals surface area (Å²) in [7, 11) is 0. The third-order valence-electron chi connectivity index (χ3n) is 22.3. The van der Waals surface area contributed by atoms with Gasteiger partial charge in [-0.2, -0.15) is 0 Å². The first-order chi connectivity index (χ1) is 55.5. The molecule has 0 atom stereocenters. The summed E-state index contributed by atoms with van der Waals surface area (Å²) in [4.78, 5) is 25.5. The topological polar surface area (TPSA) is 84.2 Å². The molecule has 112 heavy (non-hydrogen) atoms. The third kappa shape index (κ3) is 10.7. The monoisotopic (exact) mass is 1430 g/mol. The summed E-state index contributed by atoms with van der Waals surface area (Å²) in [6.45, 7) is 0.